The molecule has 178 valence electrons. The van der Waals surface area contributed by atoms with Crippen LogP contribution in [0.4, 0.5) is 11.4 Å². The third-order valence-electron chi connectivity index (χ3n) is 4.87. The van der Waals surface area contributed by atoms with Gasteiger partial charge in [-0.3, -0.25) is 9.10 Å². The second-order valence-corrected chi connectivity index (χ2v) is 10.9. The topological polar surface area (TPSA) is 82.1 Å². The monoisotopic (exact) mass is 562 g/mol. The summed E-state index contributed by atoms with van der Waals surface area (Å²) in [4.78, 5) is 14.7. The Balaban J connectivity index is 1.80. The third kappa shape index (κ3) is 6.37. The van der Waals surface area contributed by atoms with Gasteiger partial charge in [-0.2, -0.15) is 5.10 Å². The number of benzene rings is 3. The molecule has 0 fully saturated rings. The largest absolute Gasteiger partial charge is 0.377 e. The highest BCUT2D eigenvalue weighted by molar-refractivity contribution is 9.10. The molecule has 10 heteroatoms. The molecule has 0 radical (unpaired) electrons. The van der Waals surface area contributed by atoms with E-state index in [0.29, 0.717) is 10.7 Å². The van der Waals surface area contributed by atoms with Gasteiger partial charge in [-0.05, 0) is 76.9 Å². The number of hydrogen-bond acceptors (Lipinski definition) is 5. The van der Waals surface area contributed by atoms with Crippen LogP contribution in [0, 0.1) is 6.92 Å². The Labute approximate surface area is 213 Å². The summed E-state index contributed by atoms with van der Waals surface area (Å²) >= 11 is 9.47. The molecule has 0 heterocycles. The standard InChI is InChI=1S/C24H24BrClN4O3S/c1-17-4-11-21(12-5-17)34(32,33)30(20-9-7-19(26)8-10-20)16-24(31)28-27-15-18-6-13-23(29(2)3)22(25)14-18/h4-15H,16H2,1-3H3,(H,28,31)/b27-15-. The molecule has 34 heavy (non-hydrogen) atoms. The quantitative estimate of drug-likeness (QED) is 0.315. The first-order valence-corrected chi connectivity index (χ1v) is 12.8. The Morgan fingerprint density at radius 3 is 2.29 bits per heavy atom. The van der Waals surface area contributed by atoms with E-state index in [1.165, 1.54) is 18.3 Å². The lowest BCUT2D eigenvalue weighted by atomic mass is 10.2. The van der Waals surface area contributed by atoms with E-state index in [4.69, 9.17) is 11.6 Å². The van der Waals surface area contributed by atoms with Gasteiger partial charge < -0.3 is 4.90 Å². The van der Waals surface area contributed by atoms with Crippen molar-refractivity contribution in [2.24, 2.45) is 5.10 Å². The number of amides is 1. The zero-order valence-corrected chi connectivity index (χ0v) is 22.0. The normalized spacial score (nSPS) is 11.4. The zero-order chi connectivity index (χ0) is 24.9. The Morgan fingerprint density at radius 1 is 1.06 bits per heavy atom. The van der Waals surface area contributed by atoms with Crippen molar-refractivity contribution in [1.82, 2.24) is 5.43 Å². The maximum Gasteiger partial charge on any atom is 0.264 e. The number of sulfonamides is 1. The van der Waals surface area contributed by atoms with E-state index in [0.717, 1.165) is 25.6 Å². The number of nitrogens with zero attached hydrogens (tertiary/aromatic N) is 3. The predicted octanol–water partition coefficient (Wildman–Crippen LogP) is 4.82. The van der Waals surface area contributed by atoms with E-state index in [9.17, 15) is 13.2 Å². The summed E-state index contributed by atoms with van der Waals surface area (Å²) in [7, 11) is -0.136. The molecule has 0 aliphatic heterocycles. The average molecular weight is 564 g/mol. The van der Waals surface area contributed by atoms with Crippen LogP contribution in [0.5, 0.6) is 0 Å². The molecular formula is C24H24BrClN4O3S. The molecule has 0 spiro atoms. The van der Waals surface area contributed by atoms with Crippen LogP contribution in [0.2, 0.25) is 5.02 Å². The molecule has 3 aromatic carbocycles. The van der Waals surface area contributed by atoms with Gasteiger partial charge in [0.1, 0.15) is 6.54 Å². The summed E-state index contributed by atoms with van der Waals surface area (Å²) in [6.45, 7) is 1.41. The zero-order valence-electron chi connectivity index (χ0n) is 18.9. The summed E-state index contributed by atoms with van der Waals surface area (Å²) in [6, 6.07) is 18.3. The van der Waals surface area contributed by atoms with Gasteiger partial charge >= 0.3 is 0 Å². The Morgan fingerprint density at radius 2 is 1.71 bits per heavy atom. The second-order valence-electron chi connectivity index (χ2n) is 7.70. The molecular weight excluding hydrogens is 540 g/mol. The SMILES string of the molecule is Cc1ccc(S(=O)(=O)N(CC(=O)N/N=C\c2ccc(N(C)C)c(Br)c2)c2ccc(Cl)cc2)cc1. The van der Waals surface area contributed by atoms with Gasteiger partial charge in [-0.1, -0.05) is 35.4 Å². The van der Waals surface area contributed by atoms with Crippen molar-refractivity contribution in [3.8, 4) is 0 Å². The molecule has 3 aromatic rings. The number of hydrazone groups is 1. The third-order valence-corrected chi connectivity index (χ3v) is 7.54. The number of carbonyl (C=O) groups is 1. The maximum absolute atomic E-state index is 13.3. The molecule has 0 aromatic heterocycles. The van der Waals surface area contributed by atoms with E-state index in [-0.39, 0.29) is 4.90 Å². The van der Waals surface area contributed by atoms with Gasteiger partial charge in [-0.15, -0.1) is 0 Å². The fraction of sp³-hybridized carbons (Fsp3) is 0.167. The number of nitrogens with one attached hydrogen (secondary N) is 1. The van der Waals surface area contributed by atoms with Crippen LogP contribution < -0.4 is 14.6 Å². The Hall–Kier alpha value is -2.88. The lowest BCUT2D eigenvalue weighted by molar-refractivity contribution is -0.119. The van der Waals surface area contributed by atoms with Gasteiger partial charge in [0.25, 0.3) is 15.9 Å². The summed E-state index contributed by atoms with van der Waals surface area (Å²) in [5.41, 5.74) is 5.41. The molecule has 1 amide bonds. The number of hydrogen-bond donors (Lipinski definition) is 1. The summed E-state index contributed by atoms with van der Waals surface area (Å²) < 4.78 is 28.6. The minimum Gasteiger partial charge on any atom is -0.377 e. The maximum atomic E-state index is 13.3. The number of anilines is 2. The molecule has 0 aliphatic rings. The van der Waals surface area contributed by atoms with E-state index in [1.807, 2.05) is 44.1 Å². The van der Waals surface area contributed by atoms with Gasteiger partial charge in [0.15, 0.2) is 0 Å². The molecule has 3 rings (SSSR count). The van der Waals surface area contributed by atoms with Crippen molar-refractivity contribution in [3.63, 3.8) is 0 Å². The fourth-order valence-electron chi connectivity index (χ4n) is 3.07. The molecule has 0 bridgehead atoms. The molecule has 0 saturated carbocycles. The number of halogens is 2. The molecule has 0 unspecified atom stereocenters. The van der Waals surface area contributed by atoms with Crippen molar-refractivity contribution in [2.75, 3.05) is 29.8 Å². The van der Waals surface area contributed by atoms with Crippen molar-refractivity contribution in [1.29, 1.82) is 0 Å². The average Bonchev–Trinajstić information content (AvgIpc) is 2.78. The van der Waals surface area contributed by atoms with Gasteiger partial charge in [0, 0.05) is 23.6 Å². The Bertz CT molecular complexity index is 1290. The molecule has 0 atom stereocenters. The van der Waals surface area contributed by atoms with E-state index < -0.39 is 22.5 Å². The summed E-state index contributed by atoms with van der Waals surface area (Å²) in [6.07, 6.45) is 1.49. The van der Waals surface area contributed by atoms with Crippen LogP contribution >= 0.6 is 27.5 Å². The van der Waals surface area contributed by atoms with Crippen LogP contribution in [0.3, 0.4) is 0 Å². The summed E-state index contributed by atoms with van der Waals surface area (Å²) in [5.74, 6) is -0.592. The van der Waals surface area contributed by atoms with Crippen molar-refractivity contribution in [3.05, 3.63) is 87.4 Å². The van der Waals surface area contributed by atoms with Crippen LogP contribution in [0.25, 0.3) is 0 Å². The lowest BCUT2D eigenvalue weighted by Crippen LogP contribution is -2.39. The van der Waals surface area contributed by atoms with Crippen LogP contribution in [-0.4, -0.2) is 41.2 Å². The highest BCUT2D eigenvalue weighted by atomic mass is 79.9. The number of aryl methyl sites for hydroxylation is 1. The highest BCUT2D eigenvalue weighted by Gasteiger charge is 2.27. The highest BCUT2D eigenvalue weighted by Crippen LogP contribution is 2.26. The first-order chi connectivity index (χ1) is 16.1. The minimum atomic E-state index is -4.01. The van der Waals surface area contributed by atoms with Gasteiger partial charge in [-0.25, -0.2) is 13.8 Å². The predicted molar refractivity (Wildman–Crippen MR) is 141 cm³/mol. The molecule has 0 saturated heterocycles. The minimum absolute atomic E-state index is 0.0789. The van der Waals surface area contributed by atoms with Crippen LogP contribution in [-0.2, 0) is 14.8 Å². The van der Waals surface area contributed by atoms with Crippen molar-refractivity contribution < 1.29 is 13.2 Å². The number of rotatable bonds is 8. The van der Waals surface area contributed by atoms with E-state index >= 15 is 0 Å². The lowest BCUT2D eigenvalue weighted by Gasteiger charge is -2.23. The van der Waals surface area contributed by atoms with Crippen molar-refractivity contribution in [2.45, 2.75) is 11.8 Å². The first-order valence-electron chi connectivity index (χ1n) is 10.2. The second kappa shape index (κ2) is 11.0. The molecule has 1 N–H and O–H groups in total. The van der Waals surface area contributed by atoms with Crippen LogP contribution in [0.15, 0.2) is 81.2 Å². The number of carbonyl (C=O) groups excluding carboxylic acids is 1. The molecule has 7 nitrogen and oxygen atoms in total. The Kier molecular flexibility index (Phi) is 8.35. The van der Waals surface area contributed by atoms with Crippen LogP contribution in [0.1, 0.15) is 11.1 Å². The van der Waals surface area contributed by atoms with Gasteiger partial charge in [0.2, 0.25) is 0 Å². The van der Waals surface area contributed by atoms with E-state index in [1.54, 1.807) is 36.4 Å². The smallest absolute Gasteiger partial charge is 0.264 e. The van der Waals surface area contributed by atoms with Gasteiger partial charge in [0.05, 0.1) is 22.5 Å². The van der Waals surface area contributed by atoms with Crippen molar-refractivity contribution >= 4 is 61.1 Å². The fourth-order valence-corrected chi connectivity index (χ4v) is 5.37. The summed E-state index contributed by atoms with van der Waals surface area (Å²) in [5, 5.41) is 4.44. The first kappa shape index (κ1) is 25.7. The molecule has 0 aliphatic carbocycles. The van der Waals surface area contributed by atoms with E-state index in [2.05, 4.69) is 26.5 Å².